The van der Waals surface area contributed by atoms with Gasteiger partial charge in [-0.1, -0.05) is 84.9 Å². The third-order valence-electron chi connectivity index (χ3n) is 11.1. The van der Waals surface area contributed by atoms with Crippen LogP contribution in [0.5, 0.6) is 0 Å². The topological polar surface area (TPSA) is 46.5 Å². The number of nitrogens with zero attached hydrogens (tertiary/aromatic N) is 4. The van der Waals surface area contributed by atoms with Gasteiger partial charge in [-0.15, -0.1) is 22.7 Å². The zero-order valence-electron chi connectivity index (χ0n) is 28.6. The number of para-hydroxylation sites is 2. The molecule has 0 saturated carbocycles. The van der Waals surface area contributed by atoms with Crippen LogP contribution in [0.3, 0.4) is 0 Å². The molecule has 0 saturated heterocycles. The highest BCUT2D eigenvalue weighted by molar-refractivity contribution is 7.27. The molecular weight excluding hydrogens is 697 g/mol. The van der Waals surface area contributed by atoms with Gasteiger partial charge in [0.2, 0.25) is 0 Å². The fraction of sp³-hybridized carbons (Fsp3) is 0. The molecule has 0 bridgehead atoms. The number of thiophene rings is 2. The zero-order chi connectivity index (χ0) is 35.5. The van der Waals surface area contributed by atoms with Crippen LogP contribution in [-0.4, -0.2) is 14.1 Å². The lowest BCUT2D eigenvalue weighted by Gasteiger charge is -2.18. The van der Waals surface area contributed by atoms with Crippen molar-refractivity contribution >= 4 is 107 Å². The molecule has 7 aromatic carbocycles. The molecule has 5 heterocycles. The van der Waals surface area contributed by atoms with Crippen LogP contribution in [0.1, 0.15) is 5.56 Å². The van der Waals surface area contributed by atoms with Crippen LogP contribution in [0.25, 0.3) is 106 Å². The van der Waals surface area contributed by atoms with Gasteiger partial charge in [-0.25, -0.2) is 0 Å². The van der Waals surface area contributed by atoms with E-state index in [9.17, 15) is 5.26 Å². The third-order valence-corrected chi connectivity index (χ3v) is 13.5. The highest BCUT2D eigenvalue weighted by atomic mass is 32.1. The van der Waals surface area contributed by atoms with E-state index in [2.05, 4.69) is 149 Å². The van der Waals surface area contributed by atoms with Crippen molar-refractivity contribution in [2.45, 2.75) is 0 Å². The number of aromatic nitrogens is 3. The molecule has 0 unspecified atom stereocenters. The molecule has 0 atom stereocenters. The van der Waals surface area contributed by atoms with E-state index in [1.807, 2.05) is 47.2 Å². The van der Waals surface area contributed by atoms with Crippen molar-refractivity contribution in [2.24, 2.45) is 0 Å². The molecule has 0 amide bonds. The van der Waals surface area contributed by atoms with Gasteiger partial charge in [0, 0.05) is 85.4 Å². The van der Waals surface area contributed by atoms with E-state index in [1.165, 1.54) is 61.9 Å². The molecule has 0 aliphatic rings. The zero-order valence-corrected chi connectivity index (χ0v) is 30.2. The summed E-state index contributed by atoms with van der Waals surface area (Å²) >= 11 is 3.72. The standard InChI is InChI=1S/C48H26N4S2/c49-26-28-17-20-39(51-37-13-5-1-11-33(37)45-41(51)21-18-31-29-9-3-7-15-43(29)53-47(31)45)35(25-28)36-27-50-24-23-40(36)52-38-14-6-2-12-34(38)46-42(52)22-19-32-30-10-4-8-16-44(30)54-48(32)46/h1-25,27H. The summed E-state index contributed by atoms with van der Waals surface area (Å²) in [5.41, 5.74) is 9.06. The van der Waals surface area contributed by atoms with Crippen LogP contribution < -0.4 is 0 Å². The Hall–Kier alpha value is -6.78. The molecule has 54 heavy (non-hydrogen) atoms. The van der Waals surface area contributed by atoms with Crippen molar-refractivity contribution in [3.8, 4) is 28.6 Å². The normalized spacial score (nSPS) is 12.1. The molecule has 4 nitrogen and oxygen atoms in total. The van der Waals surface area contributed by atoms with E-state index in [0.717, 1.165) is 44.6 Å². The van der Waals surface area contributed by atoms with Gasteiger partial charge in [0.25, 0.3) is 0 Å². The van der Waals surface area contributed by atoms with Gasteiger partial charge in [-0.2, -0.15) is 5.26 Å². The number of hydrogen-bond acceptors (Lipinski definition) is 4. The maximum atomic E-state index is 10.3. The molecule has 6 heteroatoms. The number of rotatable bonds is 3. The Labute approximate surface area is 316 Å². The first-order valence-corrected chi connectivity index (χ1v) is 19.6. The van der Waals surface area contributed by atoms with Crippen LogP contribution in [0, 0.1) is 11.3 Å². The maximum Gasteiger partial charge on any atom is 0.0991 e. The number of fused-ring (bicyclic) bond motifs is 14. The molecule has 5 aromatic heterocycles. The fourth-order valence-electron chi connectivity index (χ4n) is 8.79. The summed E-state index contributed by atoms with van der Waals surface area (Å²) in [7, 11) is 0. The minimum atomic E-state index is 0.602. The predicted molar refractivity (Wildman–Crippen MR) is 229 cm³/mol. The summed E-state index contributed by atoms with van der Waals surface area (Å²) in [6.45, 7) is 0. The molecule has 0 aliphatic carbocycles. The fourth-order valence-corrected chi connectivity index (χ4v) is 11.3. The van der Waals surface area contributed by atoms with Crippen LogP contribution in [0.4, 0.5) is 0 Å². The van der Waals surface area contributed by atoms with Gasteiger partial charge in [0.15, 0.2) is 0 Å². The minimum Gasteiger partial charge on any atom is -0.309 e. The summed E-state index contributed by atoms with van der Waals surface area (Å²) in [5.74, 6) is 0. The second-order valence-corrected chi connectivity index (χ2v) is 15.9. The second-order valence-electron chi connectivity index (χ2n) is 13.8. The van der Waals surface area contributed by atoms with Crippen molar-refractivity contribution in [2.75, 3.05) is 0 Å². The van der Waals surface area contributed by atoms with Crippen molar-refractivity contribution in [1.29, 1.82) is 5.26 Å². The SMILES string of the molecule is N#Cc1ccc(-n2c3ccccc3c3c4sc5ccccc5c4ccc32)c(-c2cnccc2-n2c3ccccc3c3c4sc5ccccc5c4ccc32)c1. The summed E-state index contributed by atoms with van der Waals surface area (Å²) in [6.07, 6.45) is 3.84. The van der Waals surface area contributed by atoms with E-state index in [0.29, 0.717) is 5.56 Å². The van der Waals surface area contributed by atoms with Crippen molar-refractivity contribution < 1.29 is 0 Å². The second kappa shape index (κ2) is 11.1. The first kappa shape index (κ1) is 29.8. The average Bonchev–Trinajstić information content (AvgIpc) is 3.98. The molecule has 0 spiro atoms. The lowest BCUT2D eigenvalue weighted by atomic mass is 10.00. The van der Waals surface area contributed by atoms with E-state index >= 15 is 0 Å². The smallest absolute Gasteiger partial charge is 0.0991 e. The van der Waals surface area contributed by atoms with E-state index in [4.69, 9.17) is 4.98 Å². The Morgan fingerprint density at radius 2 is 0.981 bits per heavy atom. The maximum absolute atomic E-state index is 10.3. The monoisotopic (exact) mass is 722 g/mol. The third kappa shape index (κ3) is 3.97. The summed E-state index contributed by atoms with van der Waals surface area (Å²) in [5, 5.41) is 20.4. The van der Waals surface area contributed by atoms with Crippen LogP contribution in [-0.2, 0) is 0 Å². The molecule has 0 fully saturated rings. The summed E-state index contributed by atoms with van der Waals surface area (Å²) in [6, 6.07) is 54.5. The number of hydrogen-bond donors (Lipinski definition) is 0. The largest absolute Gasteiger partial charge is 0.309 e. The number of nitriles is 1. The van der Waals surface area contributed by atoms with Crippen molar-refractivity contribution in [3.05, 3.63) is 164 Å². The predicted octanol–water partition coefficient (Wildman–Crippen LogP) is 13.6. The molecule has 0 radical (unpaired) electrons. The first-order valence-electron chi connectivity index (χ1n) is 17.9. The Morgan fingerprint density at radius 1 is 0.463 bits per heavy atom. The van der Waals surface area contributed by atoms with Gasteiger partial charge < -0.3 is 9.13 Å². The first-order chi connectivity index (χ1) is 26.8. The van der Waals surface area contributed by atoms with Gasteiger partial charge >= 0.3 is 0 Å². The quantitative estimate of drug-likeness (QED) is 0.182. The van der Waals surface area contributed by atoms with Crippen molar-refractivity contribution in [3.63, 3.8) is 0 Å². The molecule has 0 N–H and O–H groups in total. The Balaban J connectivity index is 1.18. The van der Waals surface area contributed by atoms with Gasteiger partial charge in [-0.3, -0.25) is 4.98 Å². The molecule has 250 valence electrons. The molecular formula is C48H26N4S2. The number of pyridine rings is 1. The highest BCUT2D eigenvalue weighted by Crippen LogP contribution is 2.47. The molecule has 12 aromatic rings. The van der Waals surface area contributed by atoms with Crippen LogP contribution in [0.15, 0.2) is 158 Å². The van der Waals surface area contributed by atoms with Gasteiger partial charge in [0.1, 0.15) is 0 Å². The molecule has 0 aliphatic heterocycles. The minimum absolute atomic E-state index is 0.602. The van der Waals surface area contributed by atoms with Crippen LogP contribution in [0.2, 0.25) is 0 Å². The Bertz CT molecular complexity index is 3590. The summed E-state index contributed by atoms with van der Waals surface area (Å²) in [4.78, 5) is 4.74. The van der Waals surface area contributed by atoms with Gasteiger partial charge in [-0.05, 0) is 60.7 Å². The van der Waals surface area contributed by atoms with E-state index in [1.54, 1.807) is 0 Å². The lowest BCUT2D eigenvalue weighted by Crippen LogP contribution is -2.02. The Kier molecular flexibility index (Phi) is 6.12. The average molecular weight is 723 g/mol. The van der Waals surface area contributed by atoms with Gasteiger partial charge in [0.05, 0.1) is 45.1 Å². The number of benzene rings is 7. The van der Waals surface area contributed by atoms with E-state index < -0.39 is 0 Å². The Morgan fingerprint density at radius 3 is 1.56 bits per heavy atom. The molecule has 12 rings (SSSR count). The summed E-state index contributed by atoms with van der Waals surface area (Å²) < 4.78 is 9.94. The van der Waals surface area contributed by atoms with Crippen LogP contribution >= 0.6 is 22.7 Å². The van der Waals surface area contributed by atoms with Crippen molar-refractivity contribution in [1.82, 2.24) is 14.1 Å². The highest BCUT2D eigenvalue weighted by Gasteiger charge is 2.23. The lowest BCUT2D eigenvalue weighted by molar-refractivity contribution is 1.14. The van der Waals surface area contributed by atoms with E-state index in [-0.39, 0.29) is 0 Å².